The van der Waals surface area contributed by atoms with Crippen molar-refractivity contribution in [1.82, 2.24) is 24.4 Å². The number of aromatic nitrogens is 4. The lowest BCUT2D eigenvalue weighted by atomic mass is 9.92. The first-order valence-electron chi connectivity index (χ1n) is 13.9. The van der Waals surface area contributed by atoms with Crippen LogP contribution < -0.4 is 4.74 Å². The molecule has 2 atom stereocenters. The fraction of sp³-hybridized carbons (Fsp3) is 0.400. The molecule has 0 spiro atoms. The molecule has 0 bridgehead atoms. The van der Waals surface area contributed by atoms with Crippen LogP contribution in [0, 0.1) is 5.82 Å². The van der Waals surface area contributed by atoms with Gasteiger partial charge in [-0.1, -0.05) is 17.7 Å². The lowest BCUT2D eigenvalue weighted by Crippen LogP contribution is -2.37. The summed E-state index contributed by atoms with van der Waals surface area (Å²) in [4.78, 5) is 28.0. The number of rotatable bonds is 9. The molecule has 5 heterocycles. The molecule has 41 heavy (non-hydrogen) atoms. The van der Waals surface area contributed by atoms with Crippen LogP contribution in [0.15, 0.2) is 48.5 Å². The van der Waals surface area contributed by atoms with Crippen LogP contribution in [0.2, 0.25) is 5.02 Å². The molecule has 2 saturated heterocycles. The van der Waals surface area contributed by atoms with Gasteiger partial charge in [-0.25, -0.2) is 24.1 Å². The SMILES string of the molecule is CC(c1nc2ccc(C(=O)O)nc2n1C[C@@H]1CCO1)N1CCC(c2cccc(OCc3cc(Cl)ccc3F)n2)CC1. The third-order valence-electron chi connectivity index (χ3n) is 8.02. The van der Waals surface area contributed by atoms with Gasteiger partial charge in [-0.3, -0.25) is 4.90 Å². The predicted octanol–water partition coefficient (Wildman–Crippen LogP) is 5.63. The summed E-state index contributed by atoms with van der Waals surface area (Å²) < 4.78 is 27.6. The highest BCUT2D eigenvalue weighted by molar-refractivity contribution is 6.30. The Labute approximate surface area is 241 Å². The average Bonchev–Trinajstić information content (AvgIpc) is 3.32. The van der Waals surface area contributed by atoms with E-state index in [1.54, 1.807) is 18.2 Å². The smallest absolute Gasteiger partial charge is 0.354 e. The molecule has 11 heteroatoms. The van der Waals surface area contributed by atoms with Crippen LogP contribution in [0.4, 0.5) is 4.39 Å². The van der Waals surface area contributed by atoms with E-state index >= 15 is 0 Å². The second-order valence-electron chi connectivity index (χ2n) is 10.6. The van der Waals surface area contributed by atoms with Crippen molar-refractivity contribution in [1.29, 1.82) is 0 Å². The van der Waals surface area contributed by atoms with E-state index in [2.05, 4.69) is 16.8 Å². The van der Waals surface area contributed by atoms with Crippen LogP contribution in [0.25, 0.3) is 11.2 Å². The summed E-state index contributed by atoms with van der Waals surface area (Å²) in [6, 6.07) is 13.4. The number of pyridine rings is 2. The van der Waals surface area contributed by atoms with Gasteiger partial charge in [0.1, 0.15) is 23.8 Å². The summed E-state index contributed by atoms with van der Waals surface area (Å²) in [7, 11) is 0. The molecule has 4 aromatic rings. The number of imidazole rings is 1. The van der Waals surface area contributed by atoms with Gasteiger partial charge in [-0.2, -0.15) is 0 Å². The summed E-state index contributed by atoms with van der Waals surface area (Å²) >= 11 is 6.00. The zero-order chi connectivity index (χ0) is 28.5. The Hall–Kier alpha value is -3.60. The maximum absolute atomic E-state index is 14.1. The van der Waals surface area contributed by atoms with E-state index in [0.717, 1.165) is 50.5 Å². The maximum atomic E-state index is 14.1. The van der Waals surface area contributed by atoms with Crippen molar-refractivity contribution in [2.24, 2.45) is 0 Å². The summed E-state index contributed by atoms with van der Waals surface area (Å²) in [5.74, 6) is 0.172. The van der Waals surface area contributed by atoms with Gasteiger partial charge in [0.15, 0.2) is 11.3 Å². The number of ether oxygens (including phenoxy) is 2. The number of aromatic carboxylic acids is 1. The molecular formula is C30H31ClFN5O4. The van der Waals surface area contributed by atoms with E-state index < -0.39 is 5.97 Å². The van der Waals surface area contributed by atoms with Gasteiger partial charge in [0.2, 0.25) is 5.88 Å². The number of hydrogen-bond acceptors (Lipinski definition) is 7. The molecule has 6 rings (SSSR count). The molecule has 0 amide bonds. The normalized spacial score (nSPS) is 18.8. The maximum Gasteiger partial charge on any atom is 0.354 e. The number of carboxylic acid groups (broad SMARTS) is 1. The van der Waals surface area contributed by atoms with E-state index in [4.69, 9.17) is 31.0 Å². The van der Waals surface area contributed by atoms with Gasteiger partial charge in [0, 0.05) is 34.9 Å². The number of halogens is 2. The van der Waals surface area contributed by atoms with Crippen molar-refractivity contribution in [3.05, 3.63) is 82.1 Å². The van der Waals surface area contributed by atoms with Crippen molar-refractivity contribution in [3.8, 4) is 5.88 Å². The van der Waals surface area contributed by atoms with Gasteiger partial charge in [0.25, 0.3) is 0 Å². The number of carbonyl (C=O) groups is 1. The Balaban J connectivity index is 1.14. The standard InChI is InChI=1S/C30H31ClFN5O4/c1-18(28-34-25-7-8-26(30(38)39)35-29(25)37(28)16-22-11-14-40-22)36-12-9-19(10-13-36)24-3-2-4-27(33-24)41-17-20-15-21(31)5-6-23(20)32/h2-8,15,18-19,22H,9-14,16-17H2,1H3,(H,38,39)/t18?,22-/m0/s1. The fourth-order valence-electron chi connectivity index (χ4n) is 5.56. The molecule has 2 aliphatic heterocycles. The Kier molecular flexibility index (Phi) is 7.88. The number of hydrogen-bond donors (Lipinski definition) is 1. The minimum absolute atomic E-state index is 0.00427. The number of carboxylic acids is 1. The second kappa shape index (κ2) is 11.7. The summed E-state index contributed by atoms with van der Waals surface area (Å²) in [5.41, 5.74) is 2.61. The van der Waals surface area contributed by atoms with Crippen molar-refractivity contribution < 1.29 is 23.8 Å². The van der Waals surface area contributed by atoms with Crippen molar-refractivity contribution >= 4 is 28.7 Å². The van der Waals surface area contributed by atoms with Crippen molar-refractivity contribution in [3.63, 3.8) is 0 Å². The molecule has 1 aromatic carbocycles. The quantitative estimate of drug-likeness (QED) is 0.272. The molecule has 2 fully saturated rings. The lowest BCUT2D eigenvalue weighted by Gasteiger charge is -2.36. The van der Waals surface area contributed by atoms with Gasteiger partial charge >= 0.3 is 5.97 Å². The minimum atomic E-state index is -1.06. The van der Waals surface area contributed by atoms with Gasteiger partial charge < -0.3 is 19.1 Å². The van der Waals surface area contributed by atoms with E-state index in [9.17, 15) is 14.3 Å². The molecule has 0 saturated carbocycles. The van der Waals surface area contributed by atoms with Crippen molar-refractivity contribution in [2.45, 2.75) is 57.4 Å². The first kappa shape index (κ1) is 27.6. The van der Waals surface area contributed by atoms with E-state index in [1.807, 2.05) is 16.7 Å². The molecule has 214 valence electrons. The summed E-state index contributed by atoms with van der Waals surface area (Å²) in [5, 5.41) is 9.93. The number of likely N-dealkylation sites (tertiary alicyclic amines) is 1. The topological polar surface area (TPSA) is 103 Å². The van der Waals surface area contributed by atoms with Gasteiger partial charge in [0.05, 0.1) is 18.7 Å². The highest BCUT2D eigenvalue weighted by Gasteiger charge is 2.30. The highest BCUT2D eigenvalue weighted by atomic mass is 35.5. The Morgan fingerprint density at radius 1 is 1.15 bits per heavy atom. The Bertz CT molecular complexity index is 1570. The fourth-order valence-corrected chi connectivity index (χ4v) is 5.75. The highest BCUT2D eigenvalue weighted by Crippen LogP contribution is 2.33. The molecule has 3 aromatic heterocycles. The van der Waals surface area contributed by atoms with Crippen LogP contribution in [0.3, 0.4) is 0 Å². The third-order valence-corrected chi connectivity index (χ3v) is 8.25. The molecule has 2 aliphatic rings. The van der Waals surface area contributed by atoms with Crippen molar-refractivity contribution in [2.75, 3.05) is 19.7 Å². The average molecular weight is 580 g/mol. The summed E-state index contributed by atoms with van der Waals surface area (Å²) in [6.45, 7) is 5.22. The first-order chi connectivity index (χ1) is 19.9. The second-order valence-corrected chi connectivity index (χ2v) is 11.1. The Morgan fingerprint density at radius 3 is 2.68 bits per heavy atom. The number of benzene rings is 1. The van der Waals surface area contributed by atoms with E-state index in [0.29, 0.717) is 34.2 Å². The third kappa shape index (κ3) is 5.91. The monoisotopic (exact) mass is 579 g/mol. The zero-order valence-electron chi connectivity index (χ0n) is 22.7. The Morgan fingerprint density at radius 2 is 1.95 bits per heavy atom. The van der Waals surface area contributed by atoms with Gasteiger partial charge in [-0.05, 0) is 75.7 Å². The zero-order valence-corrected chi connectivity index (χ0v) is 23.4. The number of piperidine rings is 1. The molecular weight excluding hydrogens is 549 g/mol. The number of nitrogens with zero attached hydrogens (tertiary/aromatic N) is 5. The molecule has 0 radical (unpaired) electrons. The predicted molar refractivity (Wildman–Crippen MR) is 151 cm³/mol. The van der Waals surface area contributed by atoms with Crippen LogP contribution in [0.5, 0.6) is 5.88 Å². The van der Waals surface area contributed by atoms with Gasteiger partial charge in [-0.15, -0.1) is 0 Å². The van der Waals surface area contributed by atoms with E-state index in [1.165, 1.54) is 18.2 Å². The molecule has 9 nitrogen and oxygen atoms in total. The lowest BCUT2D eigenvalue weighted by molar-refractivity contribution is -0.0595. The van der Waals surface area contributed by atoms with Crippen LogP contribution in [0.1, 0.15) is 65.7 Å². The van der Waals surface area contributed by atoms with Crippen LogP contribution in [-0.4, -0.2) is 61.3 Å². The van der Waals surface area contributed by atoms with Crippen LogP contribution in [-0.2, 0) is 17.9 Å². The summed E-state index contributed by atoms with van der Waals surface area (Å²) in [6.07, 6.45) is 2.87. The largest absolute Gasteiger partial charge is 0.477 e. The molecule has 0 aliphatic carbocycles. The minimum Gasteiger partial charge on any atom is -0.477 e. The first-order valence-corrected chi connectivity index (χ1v) is 14.2. The number of fused-ring (bicyclic) bond motifs is 1. The molecule has 1 N–H and O–H groups in total. The van der Waals surface area contributed by atoms with Crippen LogP contribution >= 0.6 is 11.6 Å². The van der Waals surface area contributed by atoms with E-state index in [-0.39, 0.29) is 36.2 Å². The molecule has 1 unspecified atom stereocenters.